The van der Waals surface area contributed by atoms with Crippen LogP contribution < -0.4 is 11.0 Å². The minimum absolute atomic E-state index is 0.0173. The molecule has 0 unspecified atom stereocenters. The van der Waals surface area contributed by atoms with Crippen LogP contribution in [0.1, 0.15) is 15.9 Å². The van der Waals surface area contributed by atoms with Crippen molar-refractivity contribution >= 4 is 56.7 Å². The zero-order valence-corrected chi connectivity index (χ0v) is 19.9. The maximum atomic E-state index is 13.2. The summed E-state index contributed by atoms with van der Waals surface area (Å²) in [7, 11) is 0. The van der Waals surface area contributed by atoms with Gasteiger partial charge in [-0.25, -0.2) is 15.2 Å². The van der Waals surface area contributed by atoms with Gasteiger partial charge in [-0.1, -0.05) is 52.0 Å². The van der Waals surface area contributed by atoms with Gasteiger partial charge in [0.05, 0.1) is 34.1 Å². The monoisotopic (exact) mass is 536 g/mol. The van der Waals surface area contributed by atoms with Crippen LogP contribution in [-0.4, -0.2) is 38.5 Å². The summed E-state index contributed by atoms with van der Waals surface area (Å²) in [5.41, 5.74) is 4.19. The van der Waals surface area contributed by atoms with Gasteiger partial charge in [0.25, 0.3) is 11.5 Å². The Hall–Kier alpha value is -3.76. The first-order valence-electron chi connectivity index (χ1n) is 9.98. The van der Waals surface area contributed by atoms with E-state index in [1.165, 1.54) is 22.9 Å². The molecule has 3 aromatic carbocycles. The number of para-hydroxylation sites is 1. The fraction of sp³-hybridized carbons (Fsp3) is 0.0417. The number of rotatable bonds is 7. The number of carboxylic acid groups (broad SMARTS) is 1. The number of carbonyl (C=O) groups is 2. The van der Waals surface area contributed by atoms with Crippen LogP contribution in [0.2, 0.25) is 0 Å². The second kappa shape index (κ2) is 10.4. The van der Waals surface area contributed by atoms with Gasteiger partial charge in [0.15, 0.2) is 5.16 Å². The SMILES string of the molecule is O=C(CSc1nc2ccccc2c(=O)n1-c1ccc(Br)cc1)N/N=C\c1ccc(C(=O)O)cc1. The molecule has 0 aliphatic carbocycles. The van der Waals surface area contributed by atoms with Crippen LogP contribution in [0.5, 0.6) is 0 Å². The number of fused-ring (bicyclic) bond motifs is 1. The van der Waals surface area contributed by atoms with E-state index in [1.807, 2.05) is 12.1 Å². The molecule has 4 rings (SSSR count). The molecule has 4 aromatic rings. The number of halogens is 1. The van der Waals surface area contributed by atoms with Crippen molar-refractivity contribution < 1.29 is 14.7 Å². The van der Waals surface area contributed by atoms with E-state index in [0.29, 0.717) is 27.3 Å². The van der Waals surface area contributed by atoms with Gasteiger partial charge in [-0.15, -0.1) is 0 Å². The molecule has 0 atom stereocenters. The summed E-state index contributed by atoms with van der Waals surface area (Å²) in [4.78, 5) is 41.1. The standard InChI is InChI=1S/C24H17BrN4O4S/c25-17-9-11-18(12-10-17)29-22(31)19-3-1-2-4-20(19)27-24(29)34-14-21(30)28-26-13-15-5-7-16(8-6-15)23(32)33/h1-13H,14H2,(H,28,30)(H,32,33)/b26-13-. The Balaban J connectivity index is 1.51. The first kappa shape index (κ1) is 23.4. The van der Waals surface area contributed by atoms with Crippen molar-refractivity contribution in [1.82, 2.24) is 15.0 Å². The van der Waals surface area contributed by atoms with E-state index in [-0.39, 0.29) is 22.8 Å². The number of carbonyl (C=O) groups excluding carboxylic acids is 1. The zero-order chi connectivity index (χ0) is 24.1. The highest BCUT2D eigenvalue weighted by molar-refractivity contribution is 9.10. The lowest BCUT2D eigenvalue weighted by Gasteiger charge is -2.13. The Morgan fingerprint density at radius 1 is 1.06 bits per heavy atom. The van der Waals surface area contributed by atoms with Crippen LogP contribution >= 0.6 is 27.7 Å². The summed E-state index contributed by atoms with van der Waals surface area (Å²) >= 11 is 4.52. The molecule has 10 heteroatoms. The summed E-state index contributed by atoms with van der Waals surface area (Å²) in [6, 6.07) is 20.4. The van der Waals surface area contributed by atoms with E-state index < -0.39 is 5.97 Å². The predicted molar refractivity (Wildman–Crippen MR) is 135 cm³/mol. The van der Waals surface area contributed by atoms with Crippen molar-refractivity contribution in [3.05, 3.63) is 98.7 Å². The van der Waals surface area contributed by atoms with Gasteiger partial charge in [-0.05, 0) is 54.1 Å². The van der Waals surface area contributed by atoms with Crippen molar-refractivity contribution in [3.63, 3.8) is 0 Å². The lowest BCUT2D eigenvalue weighted by Crippen LogP contribution is -2.24. The Morgan fingerprint density at radius 3 is 2.47 bits per heavy atom. The maximum absolute atomic E-state index is 13.2. The van der Waals surface area contributed by atoms with E-state index >= 15 is 0 Å². The summed E-state index contributed by atoms with van der Waals surface area (Å²) in [6.45, 7) is 0. The number of hydrazone groups is 1. The Labute approximate surface area is 206 Å². The number of nitrogens with zero attached hydrogens (tertiary/aromatic N) is 3. The Bertz CT molecular complexity index is 1450. The van der Waals surface area contributed by atoms with Crippen LogP contribution in [0.4, 0.5) is 0 Å². The minimum Gasteiger partial charge on any atom is -0.478 e. The Morgan fingerprint density at radius 2 is 1.76 bits per heavy atom. The van der Waals surface area contributed by atoms with Crippen molar-refractivity contribution in [2.45, 2.75) is 5.16 Å². The van der Waals surface area contributed by atoms with Crippen LogP contribution in [0.25, 0.3) is 16.6 Å². The number of carboxylic acids is 1. The molecule has 8 nitrogen and oxygen atoms in total. The molecule has 2 N–H and O–H groups in total. The average Bonchev–Trinajstić information content (AvgIpc) is 2.84. The molecular weight excluding hydrogens is 520 g/mol. The maximum Gasteiger partial charge on any atom is 0.335 e. The predicted octanol–water partition coefficient (Wildman–Crippen LogP) is 4.09. The van der Waals surface area contributed by atoms with Crippen LogP contribution in [0, 0.1) is 0 Å². The van der Waals surface area contributed by atoms with Crippen molar-refractivity contribution in [1.29, 1.82) is 0 Å². The quantitative estimate of drug-likeness (QED) is 0.159. The molecule has 170 valence electrons. The summed E-state index contributed by atoms with van der Waals surface area (Å²) in [5.74, 6) is -1.41. The molecule has 1 heterocycles. The molecule has 1 aromatic heterocycles. The zero-order valence-electron chi connectivity index (χ0n) is 17.5. The fourth-order valence-electron chi connectivity index (χ4n) is 3.08. The summed E-state index contributed by atoms with van der Waals surface area (Å²) < 4.78 is 2.36. The third-order valence-corrected chi connectivity index (χ3v) is 6.19. The van der Waals surface area contributed by atoms with Crippen molar-refractivity contribution in [3.8, 4) is 5.69 Å². The van der Waals surface area contributed by atoms with Crippen molar-refractivity contribution in [2.75, 3.05) is 5.75 Å². The second-order valence-electron chi connectivity index (χ2n) is 7.04. The van der Waals surface area contributed by atoms with Gasteiger partial charge in [0.2, 0.25) is 0 Å². The number of hydrogen-bond donors (Lipinski definition) is 2. The molecule has 0 fully saturated rings. The molecule has 0 radical (unpaired) electrons. The van der Waals surface area contributed by atoms with Gasteiger partial charge in [-0.3, -0.25) is 14.2 Å². The highest BCUT2D eigenvalue weighted by Crippen LogP contribution is 2.22. The van der Waals surface area contributed by atoms with Gasteiger partial charge in [0.1, 0.15) is 0 Å². The smallest absolute Gasteiger partial charge is 0.335 e. The van der Waals surface area contributed by atoms with Gasteiger partial charge in [0, 0.05) is 4.47 Å². The van der Waals surface area contributed by atoms with E-state index in [1.54, 1.807) is 48.5 Å². The van der Waals surface area contributed by atoms with E-state index in [0.717, 1.165) is 16.2 Å². The number of nitrogens with one attached hydrogen (secondary N) is 1. The van der Waals surface area contributed by atoms with Gasteiger partial charge < -0.3 is 5.11 Å². The lowest BCUT2D eigenvalue weighted by molar-refractivity contribution is -0.118. The fourth-order valence-corrected chi connectivity index (χ4v) is 4.15. The molecule has 34 heavy (non-hydrogen) atoms. The topological polar surface area (TPSA) is 114 Å². The Kier molecular flexibility index (Phi) is 7.19. The normalized spacial score (nSPS) is 11.1. The number of benzene rings is 3. The van der Waals surface area contributed by atoms with Crippen LogP contribution in [0.15, 0.2) is 92.3 Å². The number of aromatic nitrogens is 2. The van der Waals surface area contributed by atoms with Crippen LogP contribution in [-0.2, 0) is 4.79 Å². The minimum atomic E-state index is -1.02. The average molecular weight is 537 g/mol. The van der Waals surface area contributed by atoms with E-state index in [4.69, 9.17) is 5.11 Å². The molecule has 0 saturated heterocycles. The largest absolute Gasteiger partial charge is 0.478 e. The van der Waals surface area contributed by atoms with Crippen LogP contribution in [0.3, 0.4) is 0 Å². The third-order valence-electron chi connectivity index (χ3n) is 4.72. The van der Waals surface area contributed by atoms with Gasteiger partial charge in [-0.2, -0.15) is 5.10 Å². The van der Waals surface area contributed by atoms with Crippen molar-refractivity contribution in [2.24, 2.45) is 5.10 Å². The molecule has 0 spiro atoms. The van der Waals surface area contributed by atoms with E-state index in [9.17, 15) is 14.4 Å². The van der Waals surface area contributed by atoms with E-state index in [2.05, 4.69) is 31.4 Å². The number of aromatic carboxylic acids is 1. The summed E-state index contributed by atoms with van der Waals surface area (Å²) in [5, 5.41) is 13.7. The third kappa shape index (κ3) is 5.41. The number of thioether (sulfide) groups is 1. The molecule has 0 aliphatic heterocycles. The molecule has 0 bridgehead atoms. The molecular formula is C24H17BrN4O4S. The molecule has 0 aliphatic rings. The lowest BCUT2D eigenvalue weighted by atomic mass is 10.1. The summed E-state index contributed by atoms with van der Waals surface area (Å²) in [6.07, 6.45) is 1.42. The molecule has 1 amide bonds. The first-order valence-corrected chi connectivity index (χ1v) is 11.8. The highest BCUT2D eigenvalue weighted by Gasteiger charge is 2.14. The highest BCUT2D eigenvalue weighted by atomic mass is 79.9. The first-order chi connectivity index (χ1) is 16.4. The second-order valence-corrected chi connectivity index (χ2v) is 8.90. The number of amides is 1. The molecule has 0 saturated carbocycles. The number of hydrogen-bond acceptors (Lipinski definition) is 6. The van der Waals surface area contributed by atoms with Gasteiger partial charge >= 0.3 is 5.97 Å².